The van der Waals surface area contributed by atoms with Gasteiger partial charge in [-0.05, 0) is 58.3 Å². The third-order valence-electron chi connectivity index (χ3n) is 14.0. The van der Waals surface area contributed by atoms with Crippen molar-refractivity contribution >= 4 is 71.1 Å². The van der Waals surface area contributed by atoms with E-state index in [1.165, 1.54) is 6.92 Å². The summed E-state index contributed by atoms with van der Waals surface area (Å²) in [5.41, 5.74) is 10.8. The van der Waals surface area contributed by atoms with Crippen LogP contribution in [0.3, 0.4) is 0 Å². The van der Waals surface area contributed by atoms with Gasteiger partial charge in [-0.25, -0.2) is 14.4 Å². The van der Waals surface area contributed by atoms with Gasteiger partial charge < -0.3 is 98.8 Å². The first-order valence-corrected chi connectivity index (χ1v) is 27.3. The summed E-state index contributed by atoms with van der Waals surface area (Å²) in [7, 11) is 0. The number of ether oxygens (including phenoxy) is 1. The van der Waals surface area contributed by atoms with E-state index in [1.54, 1.807) is 0 Å². The zero-order valence-corrected chi connectivity index (χ0v) is 46.1. The van der Waals surface area contributed by atoms with Crippen LogP contribution in [0.4, 0.5) is 0 Å². The molecule has 0 aromatic rings. The molecule has 18 N–H and O–H groups in total. The van der Waals surface area contributed by atoms with Crippen LogP contribution in [-0.2, 0) is 57.5 Å². The average molecular weight is 1160 g/mol. The first-order chi connectivity index (χ1) is 38.1. The number of hydrogen-bond acceptors (Lipinski definition) is 19. The molecule has 3 aliphatic rings. The van der Waals surface area contributed by atoms with Crippen LogP contribution in [0.15, 0.2) is 4.99 Å². The zero-order valence-electron chi connectivity index (χ0n) is 46.1. The number of amides is 8. The maximum atomic E-state index is 14.1. The van der Waals surface area contributed by atoms with Crippen LogP contribution in [0.2, 0.25) is 0 Å². The zero-order chi connectivity index (χ0) is 60.8. The molecule has 31 heteroatoms. The van der Waals surface area contributed by atoms with Crippen LogP contribution in [0, 0.1) is 5.92 Å². The number of aliphatic hydroxyl groups is 6. The molecule has 3 heterocycles. The summed E-state index contributed by atoms with van der Waals surface area (Å²) >= 11 is 0. The molecular formula is C50H83N11O20. The lowest BCUT2D eigenvalue weighted by Crippen LogP contribution is -2.64. The number of nitrogens with two attached hydrogens (primary N) is 2. The van der Waals surface area contributed by atoms with E-state index in [0.29, 0.717) is 23.7 Å². The van der Waals surface area contributed by atoms with Crippen molar-refractivity contribution < 1.29 is 98.3 Å². The predicted molar refractivity (Wildman–Crippen MR) is 281 cm³/mol. The lowest BCUT2D eigenvalue weighted by Gasteiger charge is -2.32. The highest BCUT2D eigenvalue weighted by atomic mass is 16.5. The molecule has 0 unspecified atom stereocenters. The summed E-state index contributed by atoms with van der Waals surface area (Å²) in [4.78, 5) is 155. The molecule has 3 aliphatic heterocycles. The Morgan fingerprint density at radius 1 is 0.617 bits per heavy atom. The van der Waals surface area contributed by atoms with Crippen LogP contribution >= 0.6 is 0 Å². The fraction of sp³-hybridized carbons (Fsp3) is 0.760. The largest absolute Gasteiger partial charge is 0.479 e. The standard InChI is InChI=1S/C50H83N11O20/c1-24(2)14-11-9-7-5-6-8-10-12-15-27-22-32(66)57-33(26(4)63)41(70)54-25(3)45(74)60-20-17-30(64)36(60)43(72)55-28(16-13-19-53-50(51)52)40(69)58-34(38(67)47(76)77)42(71)56-29(23-62)46(75)61-21-18-31(65)37(61)44(73)59-35(49(80)81-27)39(68)48(78)79/h24-31,33-39,62-65,67-68H,5-23H2,1-4H3,(H,54,70)(H,55,72)(H,56,71)(H,57,66)(H,58,69)(H,59,73)(H,76,77)(H,78,79)(H4,51,52,53)/t25-,26-,27-,28+,29-,30+,31+,33-,34-,35+,36+,37+,38-,39+/m1/s1. The summed E-state index contributed by atoms with van der Waals surface area (Å²) < 4.78 is 5.60. The number of nitrogens with zero attached hydrogens (tertiary/aromatic N) is 3. The number of carbonyl (C=O) groups is 11. The van der Waals surface area contributed by atoms with E-state index in [1.807, 2.05) is 16.0 Å². The number of aliphatic hydroxyl groups excluding tert-OH is 6. The smallest absolute Gasteiger partial charge is 0.335 e. The molecule has 8 amide bonds. The van der Waals surface area contributed by atoms with Crippen molar-refractivity contribution in [1.29, 1.82) is 0 Å². The number of esters is 1. The predicted octanol–water partition coefficient (Wildman–Crippen LogP) is -5.97. The maximum absolute atomic E-state index is 14.1. The number of guanidine groups is 1. The maximum Gasteiger partial charge on any atom is 0.335 e. The number of cyclic esters (lactones) is 1. The van der Waals surface area contributed by atoms with Crippen LogP contribution in [0.25, 0.3) is 0 Å². The van der Waals surface area contributed by atoms with Gasteiger partial charge in [-0.3, -0.25) is 43.3 Å². The fourth-order valence-electron chi connectivity index (χ4n) is 9.57. The lowest BCUT2D eigenvalue weighted by molar-refractivity contribution is -0.165. The Bertz CT molecular complexity index is 2230. The van der Waals surface area contributed by atoms with E-state index in [-0.39, 0.29) is 44.7 Å². The first-order valence-electron chi connectivity index (χ1n) is 27.3. The monoisotopic (exact) mass is 1160 g/mol. The normalized spacial score (nSPS) is 28.3. The van der Waals surface area contributed by atoms with E-state index in [2.05, 4.69) is 34.8 Å². The second kappa shape index (κ2) is 33.2. The quantitative estimate of drug-likeness (QED) is 0.0220. The highest BCUT2D eigenvalue weighted by Crippen LogP contribution is 2.23. The van der Waals surface area contributed by atoms with E-state index < -0.39 is 176 Å². The van der Waals surface area contributed by atoms with Crippen molar-refractivity contribution in [1.82, 2.24) is 41.7 Å². The van der Waals surface area contributed by atoms with Gasteiger partial charge in [-0.2, -0.15) is 0 Å². The van der Waals surface area contributed by atoms with Crippen molar-refractivity contribution in [2.75, 3.05) is 26.2 Å². The van der Waals surface area contributed by atoms with Gasteiger partial charge in [-0.15, -0.1) is 0 Å². The molecule has 14 atom stereocenters. The van der Waals surface area contributed by atoms with Gasteiger partial charge >= 0.3 is 17.9 Å². The number of aliphatic carboxylic acids is 2. The minimum absolute atomic E-state index is 0.0739. The molecule has 458 valence electrons. The molecule has 31 nitrogen and oxygen atoms in total. The summed E-state index contributed by atoms with van der Waals surface area (Å²) in [6, 6.07) is -16.2. The van der Waals surface area contributed by atoms with Gasteiger partial charge in [0.1, 0.15) is 48.4 Å². The summed E-state index contributed by atoms with van der Waals surface area (Å²) in [6.07, 6.45) is -6.30. The molecule has 0 spiro atoms. The molecule has 0 aromatic heterocycles. The highest BCUT2D eigenvalue weighted by molar-refractivity contribution is 6.00. The first kappa shape index (κ1) is 68.5. The second-order valence-electron chi connectivity index (χ2n) is 21.0. The van der Waals surface area contributed by atoms with Crippen molar-refractivity contribution in [2.24, 2.45) is 22.4 Å². The molecule has 0 aliphatic carbocycles. The number of aliphatic imine (C=N–C) groups is 1. The SMILES string of the molecule is CC(C)CCCCCCCCCC[C@@H]1CC(=O)N[C@H]([C@@H](C)O)C(=O)N[C@H](C)C(=O)N2CC[C@H](O)[C@H]2C(=O)N[C@@H](CCCN=C(N)N)C(=O)N[C@H]([C@@H](O)C(=O)O)C(=O)N[C@H](CO)C(=O)N2CC[C@H](O)[C@H]2C(=O)N[C@@H]([C@H](O)C(=O)O)C(=O)O1. The van der Waals surface area contributed by atoms with Gasteiger partial charge in [0, 0.05) is 19.6 Å². The van der Waals surface area contributed by atoms with E-state index in [0.717, 1.165) is 56.8 Å². The third kappa shape index (κ3) is 20.9. The van der Waals surface area contributed by atoms with E-state index in [9.17, 15) is 93.6 Å². The minimum Gasteiger partial charge on any atom is -0.479 e. The Morgan fingerprint density at radius 3 is 1.64 bits per heavy atom. The third-order valence-corrected chi connectivity index (χ3v) is 14.0. The number of nitrogens with one attached hydrogen (secondary N) is 6. The average Bonchev–Trinajstić information content (AvgIpc) is 3.99. The van der Waals surface area contributed by atoms with Crippen LogP contribution in [-0.4, -0.2) is 233 Å². The fourth-order valence-corrected chi connectivity index (χ4v) is 9.57. The lowest BCUT2D eigenvalue weighted by atomic mass is 10.0. The Morgan fingerprint density at radius 2 is 1.11 bits per heavy atom. The molecule has 0 bridgehead atoms. The van der Waals surface area contributed by atoms with Gasteiger partial charge in [0.05, 0.1) is 31.3 Å². The number of carboxylic acid groups (broad SMARTS) is 2. The molecular weight excluding hydrogens is 1070 g/mol. The summed E-state index contributed by atoms with van der Waals surface area (Å²) in [5.74, 6) is -15.7. The molecule has 3 rings (SSSR count). The van der Waals surface area contributed by atoms with Crippen molar-refractivity contribution in [3.05, 3.63) is 0 Å². The topological polar surface area (TPSA) is 502 Å². The molecule has 0 aromatic carbocycles. The van der Waals surface area contributed by atoms with E-state index in [4.69, 9.17) is 16.2 Å². The van der Waals surface area contributed by atoms with Gasteiger partial charge in [-0.1, -0.05) is 65.2 Å². The molecule has 0 radical (unpaired) electrons. The number of carbonyl (C=O) groups excluding carboxylic acids is 9. The van der Waals surface area contributed by atoms with Crippen LogP contribution < -0.4 is 43.4 Å². The van der Waals surface area contributed by atoms with Gasteiger partial charge in [0.15, 0.2) is 24.2 Å². The number of hydrogen-bond donors (Lipinski definition) is 16. The van der Waals surface area contributed by atoms with Crippen LogP contribution in [0.1, 0.15) is 124 Å². The van der Waals surface area contributed by atoms with Crippen molar-refractivity contribution in [3.8, 4) is 0 Å². The highest BCUT2D eigenvalue weighted by Gasteiger charge is 2.48. The van der Waals surface area contributed by atoms with Gasteiger partial charge in [0.2, 0.25) is 47.3 Å². The molecule has 0 saturated carbocycles. The molecule has 3 fully saturated rings. The second-order valence-corrected chi connectivity index (χ2v) is 21.0. The number of fused-ring (bicyclic) bond motifs is 2. The Balaban J connectivity index is 2.12. The Hall–Kier alpha value is -6.80. The Labute approximate surface area is 467 Å². The molecule has 3 saturated heterocycles. The number of unbranched alkanes of at least 4 members (excludes halogenated alkanes) is 7. The van der Waals surface area contributed by atoms with Crippen molar-refractivity contribution in [3.63, 3.8) is 0 Å². The van der Waals surface area contributed by atoms with Crippen molar-refractivity contribution in [2.45, 2.75) is 209 Å². The van der Waals surface area contributed by atoms with E-state index >= 15 is 0 Å². The summed E-state index contributed by atoms with van der Waals surface area (Å²) in [6.45, 7) is 4.31. The summed E-state index contributed by atoms with van der Waals surface area (Å²) in [5, 5.41) is 97.3. The van der Waals surface area contributed by atoms with Crippen LogP contribution in [0.5, 0.6) is 0 Å². The number of carboxylic acids is 2. The van der Waals surface area contributed by atoms with Gasteiger partial charge in [0.25, 0.3) is 0 Å². The molecule has 81 heavy (non-hydrogen) atoms. The number of rotatable bonds is 21. The minimum atomic E-state index is -2.81. The Kier molecular flexibility index (Phi) is 28.1.